The van der Waals surface area contributed by atoms with Crippen LogP contribution in [0.5, 0.6) is 0 Å². The highest BCUT2D eigenvalue weighted by Crippen LogP contribution is 2.26. The first kappa shape index (κ1) is 18.3. The van der Waals surface area contributed by atoms with E-state index in [0.717, 1.165) is 34.6 Å². The molecule has 28 heavy (non-hydrogen) atoms. The Kier molecular flexibility index (Phi) is 4.90. The molecular weight excluding hydrogens is 357 g/mol. The molecule has 3 aromatic heterocycles. The van der Waals surface area contributed by atoms with E-state index in [4.69, 9.17) is 5.10 Å². The Hall–Kier alpha value is -3.09. The largest absolute Gasteiger partial charge is 0.366 e. The summed E-state index contributed by atoms with van der Waals surface area (Å²) in [7, 11) is 0. The Labute approximate surface area is 163 Å². The zero-order valence-corrected chi connectivity index (χ0v) is 16.0. The van der Waals surface area contributed by atoms with Crippen molar-refractivity contribution in [2.24, 2.45) is 0 Å². The van der Waals surface area contributed by atoms with E-state index in [9.17, 15) is 9.18 Å². The lowest BCUT2D eigenvalue weighted by molar-refractivity contribution is -0.124. The summed E-state index contributed by atoms with van der Waals surface area (Å²) in [6.07, 6.45) is 5.13. The van der Waals surface area contributed by atoms with Gasteiger partial charge in [0.15, 0.2) is 17.8 Å². The minimum atomic E-state index is -1.42. The summed E-state index contributed by atoms with van der Waals surface area (Å²) < 4.78 is 15.5. The van der Waals surface area contributed by atoms with Crippen molar-refractivity contribution in [3.63, 3.8) is 0 Å². The van der Waals surface area contributed by atoms with Crippen LogP contribution in [0.15, 0.2) is 42.9 Å². The fourth-order valence-electron chi connectivity index (χ4n) is 3.47. The summed E-state index contributed by atoms with van der Waals surface area (Å²) >= 11 is 0. The maximum Gasteiger partial charge on any atom is 0.175 e. The standard InChI is InChI=1S/C21H22FN5O/c1-3-15-12-27(25-21(15)17-5-4-9-23-14(17)2)20-7-6-16(11-24-20)26-10-8-19(28)18(22)13-26/h4-7,9,11-12,18H,3,8,10,13H2,1-2H3. The second-order valence-corrected chi connectivity index (χ2v) is 6.94. The van der Waals surface area contributed by atoms with Crippen LogP contribution in [0, 0.1) is 6.92 Å². The topological polar surface area (TPSA) is 63.9 Å². The maximum atomic E-state index is 13.7. The summed E-state index contributed by atoms with van der Waals surface area (Å²) in [5.74, 6) is 0.374. The van der Waals surface area contributed by atoms with Crippen LogP contribution in [0.2, 0.25) is 0 Å². The van der Waals surface area contributed by atoms with E-state index >= 15 is 0 Å². The molecule has 3 aromatic rings. The summed E-state index contributed by atoms with van der Waals surface area (Å²) in [6.45, 7) is 4.68. The molecule has 0 radical (unpaired) electrons. The van der Waals surface area contributed by atoms with Gasteiger partial charge in [0, 0.05) is 36.6 Å². The van der Waals surface area contributed by atoms with E-state index in [0.29, 0.717) is 12.4 Å². The van der Waals surface area contributed by atoms with Crippen LogP contribution in [0.25, 0.3) is 17.1 Å². The number of carbonyl (C=O) groups is 1. The number of pyridine rings is 2. The van der Waals surface area contributed by atoms with E-state index in [-0.39, 0.29) is 18.7 Å². The number of hydrogen-bond acceptors (Lipinski definition) is 5. The fraction of sp³-hybridized carbons (Fsp3) is 0.333. The van der Waals surface area contributed by atoms with Crippen molar-refractivity contribution >= 4 is 11.5 Å². The first-order valence-corrected chi connectivity index (χ1v) is 9.45. The van der Waals surface area contributed by atoms with Crippen LogP contribution < -0.4 is 4.90 Å². The molecule has 4 heterocycles. The van der Waals surface area contributed by atoms with Gasteiger partial charge < -0.3 is 4.90 Å². The van der Waals surface area contributed by atoms with Gasteiger partial charge in [0.25, 0.3) is 0 Å². The Morgan fingerprint density at radius 3 is 2.79 bits per heavy atom. The lowest BCUT2D eigenvalue weighted by atomic mass is 10.1. The molecule has 0 bridgehead atoms. The Morgan fingerprint density at radius 1 is 1.25 bits per heavy atom. The highest BCUT2D eigenvalue weighted by atomic mass is 19.1. The quantitative estimate of drug-likeness (QED) is 0.696. The molecule has 0 aromatic carbocycles. The highest BCUT2D eigenvalue weighted by Gasteiger charge is 2.27. The molecule has 0 spiro atoms. The van der Waals surface area contributed by atoms with Crippen molar-refractivity contribution in [3.05, 3.63) is 54.1 Å². The van der Waals surface area contributed by atoms with Crippen molar-refractivity contribution in [1.29, 1.82) is 0 Å². The van der Waals surface area contributed by atoms with Gasteiger partial charge in [0.1, 0.15) is 0 Å². The molecule has 1 fully saturated rings. The molecule has 7 heteroatoms. The molecule has 4 rings (SSSR count). The molecule has 144 valence electrons. The SMILES string of the molecule is CCc1cn(-c2ccc(N3CCC(=O)C(F)C3)cn2)nc1-c1cccnc1C. The Balaban J connectivity index is 1.62. The number of anilines is 1. The van der Waals surface area contributed by atoms with Crippen LogP contribution in [-0.2, 0) is 11.2 Å². The van der Waals surface area contributed by atoms with Crippen molar-refractivity contribution < 1.29 is 9.18 Å². The number of alkyl halides is 1. The zero-order valence-electron chi connectivity index (χ0n) is 16.0. The van der Waals surface area contributed by atoms with Crippen LogP contribution in [-0.4, -0.2) is 44.8 Å². The zero-order chi connectivity index (χ0) is 19.7. The van der Waals surface area contributed by atoms with E-state index in [1.54, 1.807) is 17.1 Å². The number of rotatable bonds is 4. The van der Waals surface area contributed by atoms with Gasteiger partial charge in [-0.05, 0) is 43.2 Å². The van der Waals surface area contributed by atoms with Crippen molar-refractivity contribution in [1.82, 2.24) is 19.7 Å². The minimum Gasteiger partial charge on any atom is -0.366 e. The smallest absolute Gasteiger partial charge is 0.175 e. The normalized spacial score (nSPS) is 17.2. The molecular formula is C21H22FN5O. The Bertz CT molecular complexity index is 998. The monoisotopic (exact) mass is 379 g/mol. The third-order valence-electron chi connectivity index (χ3n) is 5.12. The number of nitrogens with zero attached hydrogens (tertiary/aromatic N) is 5. The van der Waals surface area contributed by atoms with Gasteiger partial charge in [-0.25, -0.2) is 14.1 Å². The van der Waals surface area contributed by atoms with E-state index in [2.05, 4.69) is 16.9 Å². The van der Waals surface area contributed by atoms with Gasteiger partial charge in [-0.15, -0.1) is 0 Å². The van der Waals surface area contributed by atoms with E-state index in [1.165, 1.54) is 0 Å². The maximum absolute atomic E-state index is 13.7. The lowest BCUT2D eigenvalue weighted by Crippen LogP contribution is -2.42. The van der Waals surface area contributed by atoms with E-state index in [1.807, 2.05) is 42.3 Å². The van der Waals surface area contributed by atoms with Gasteiger partial charge in [0.05, 0.1) is 24.1 Å². The number of piperidine rings is 1. The predicted octanol–water partition coefficient (Wildman–Crippen LogP) is 3.32. The molecule has 1 aliphatic rings. The number of aryl methyl sites for hydroxylation is 2. The number of carbonyl (C=O) groups excluding carboxylic acids is 1. The number of halogens is 1. The number of Topliss-reactive ketones (excluding diaryl/α,β-unsaturated/α-hetero) is 1. The summed E-state index contributed by atoms with van der Waals surface area (Å²) in [5, 5.41) is 4.74. The van der Waals surface area contributed by atoms with Crippen molar-refractivity contribution in [3.8, 4) is 17.1 Å². The minimum absolute atomic E-state index is 0.0893. The van der Waals surface area contributed by atoms with Crippen molar-refractivity contribution in [2.45, 2.75) is 32.9 Å². The number of hydrogen-bond donors (Lipinski definition) is 0. The predicted molar refractivity (Wildman–Crippen MR) is 105 cm³/mol. The summed E-state index contributed by atoms with van der Waals surface area (Å²) in [5.41, 5.74) is 4.79. The molecule has 1 atom stereocenters. The molecule has 1 aliphatic heterocycles. The average Bonchev–Trinajstić information content (AvgIpc) is 3.15. The van der Waals surface area contributed by atoms with E-state index < -0.39 is 6.17 Å². The number of ketones is 1. The summed E-state index contributed by atoms with van der Waals surface area (Å²) in [6, 6.07) is 7.70. The first-order chi connectivity index (χ1) is 13.6. The van der Waals surface area contributed by atoms with Crippen molar-refractivity contribution in [2.75, 3.05) is 18.0 Å². The molecule has 0 saturated carbocycles. The van der Waals surface area contributed by atoms with Gasteiger partial charge in [-0.3, -0.25) is 9.78 Å². The Morgan fingerprint density at radius 2 is 2.11 bits per heavy atom. The molecule has 1 saturated heterocycles. The van der Waals surface area contributed by atoms with Gasteiger partial charge in [0.2, 0.25) is 0 Å². The third-order valence-corrected chi connectivity index (χ3v) is 5.12. The first-order valence-electron chi connectivity index (χ1n) is 9.45. The van der Waals surface area contributed by atoms with Crippen LogP contribution in [0.3, 0.4) is 0 Å². The molecule has 1 unspecified atom stereocenters. The van der Waals surface area contributed by atoms with Gasteiger partial charge in [-0.1, -0.05) is 6.92 Å². The van der Waals surface area contributed by atoms with Crippen LogP contribution in [0.1, 0.15) is 24.6 Å². The van der Waals surface area contributed by atoms with Crippen LogP contribution >= 0.6 is 0 Å². The fourth-order valence-corrected chi connectivity index (χ4v) is 3.47. The molecule has 0 aliphatic carbocycles. The number of aromatic nitrogens is 4. The average molecular weight is 379 g/mol. The van der Waals surface area contributed by atoms with Gasteiger partial charge in [-0.2, -0.15) is 5.10 Å². The summed E-state index contributed by atoms with van der Waals surface area (Å²) in [4.78, 5) is 22.1. The third kappa shape index (κ3) is 3.40. The second-order valence-electron chi connectivity index (χ2n) is 6.94. The molecule has 0 N–H and O–H groups in total. The molecule has 0 amide bonds. The highest BCUT2D eigenvalue weighted by molar-refractivity contribution is 5.85. The van der Waals surface area contributed by atoms with Crippen LogP contribution in [0.4, 0.5) is 10.1 Å². The molecule has 6 nitrogen and oxygen atoms in total. The lowest BCUT2D eigenvalue weighted by Gasteiger charge is -2.29. The second kappa shape index (κ2) is 7.50. The van der Waals surface area contributed by atoms with Gasteiger partial charge >= 0.3 is 0 Å².